The second kappa shape index (κ2) is 6.18. The summed E-state index contributed by atoms with van der Waals surface area (Å²) in [7, 11) is 0. The summed E-state index contributed by atoms with van der Waals surface area (Å²) >= 11 is 6.89. The number of aliphatic hydroxyl groups excluding tert-OH is 1. The number of fused-ring (bicyclic) bond motifs is 1. The van der Waals surface area contributed by atoms with E-state index in [0.717, 1.165) is 22.6 Å². The summed E-state index contributed by atoms with van der Waals surface area (Å²) in [6, 6.07) is 7.06. The number of thiophene rings is 1. The first-order valence-electron chi connectivity index (χ1n) is 6.45. The lowest BCUT2D eigenvalue weighted by Gasteiger charge is -2.10. The third kappa shape index (κ3) is 2.96. The molecule has 2 aromatic rings. The predicted octanol–water partition coefficient (Wildman–Crippen LogP) is 4.72. The standard InChI is InChI=1S/C15H14BrFOS2/c16-15-9(2-1-3-11(15)17)6-12(18)14-7-10-8-19-5-4-13(10)20-14/h1-3,7,12,18H,4-6,8H2. The van der Waals surface area contributed by atoms with Crippen molar-refractivity contribution < 1.29 is 9.50 Å². The molecule has 0 spiro atoms. The van der Waals surface area contributed by atoms with Gasteiger partial charge in [0.1, 0.15) is 5.82 Å². The van der Waals surface area contributed by atoms with Crippen LogP contribution in [-0.2, 0) is 18.6 Å². The lowest BCUT2D eigenvalue weighted by molar-refractivity contribution is 0.182. The monoisotopic (exact) mass is 372 g/mol. The van der Waals surface area contributed by atoms with Gasteiger partial charge in [-0.15, -0.1) is 11.3 Å². The maximum Gasteiger partial charge on any atom is 0.137 e. The van der Waals surface area contributed by atoms with Gasteiger partial charge in [0.15, 0.2) is 0 Å². The van der Waals surface area contributed by atoms with E-state index in [4.69, 9.17) is 0 Å². The SMILES string of the molecule is OC(Cc1cccc(F)c1Br)c1cc2c(s1)CCSC2. The molecule has 20 heavy (non-hydrogen) atoms. The summed E-state index contributed by atoms with van der Waals surface area (Å²) < 4.78 is 13.9. The molecular weight excluding hydrogens is 359 g/mol. The Labute approximate surface area is 134 Å². The molecule has 1 atom stereocenters. The minimum absolute atomic E-state index is 0.281. The Bertz CT molecular complexity index is 603. The van der Waals surface area contributed by atoms with E-state index in [9.17, 15) is 9.50 Å². The smallest absolute Gasteiger partial charge is 0.137 e. The van der Waals surface area contributed by atoms with Crippen LogP contribution in [0.1, 0.15) is 27.0 Å². The van der Waals surface area contributed by atoms with Crippen molar-refractivity contribution in [2.75, 3.05) is 5.75 Å². The summed E-state index contributed by atoms with van der Waals surface area (Å²) in [5.74, 6) is 1.93. The molecule has 0 saturated heterocycles. The number of rotatable bonds is 3. The number of aryl methyl sites for hydroxylation is 1. The van der Waals surface area contributed by atoms with Crippen LogP contribution in [0.4, 0.5) is 4.39 Å². The van der Waals surface area contributed by atoms with Gasteiger partial charge in [-0.2, -0.15) is 11.8 Å². The van der Waals surface area contributed by atoms with Crippen molar-refractivity contribution in [1.29, 1.82) is 0 Å². The molecule has 0 bridgehead atoms. The molecule has 1 unspecified atom stereocenters. The lowest BCUT2D eigenvalue weighted by atomic mass is 10.1. The molecule has 1 aromatic carbocycles. The van der Waals surface area contributed by atoms with Gasteiger partial charge in [-0.3, -0.25) is 0 Å². The van der Waals surface area contributed by atoms with Gasteiger partial charge in [0.25, 0.3) is 0 Å². The minimum Gasteiger partial charge on any atom is -0.387 e. The average molecular weight is 373 g/mol. The number of hydrogen-bond acceptors (Lipinski definition) is 3. The van der Waals surface area contributed by atoms with Crippen LogP contribution >= 0.6 is 39.0 Å². The third-order valence-electron chi connectivity index (χ3n) is 3.42. The van der Waals surface area contributed by atoms with E-state index in [2.05, 4.69) is 22.0 Å². The first kappa shape index (κ1) is 14.6. The molecule has 1 aromatic heterocycles. The van der Waals surface area contributed by atoms with Crippen LogP contribution in [0, 0.1) is 5.82 Å². The van der Waals surface area contributed by atoms with E-state index >= 15 is 0 Å². The summed E-state index contributed by atoms with van der Waals surface area (Å²) in [5.41, 5.74) is 2.16. The van der Waals surface area contributed by atoms with Crippen molar-refractivity contribution in [3.8, 4) is 0 Å². The van der Waals surface area contributed by atoms with E-state index in [0.29, 0.717) is 10.9 Å². The number of hydrogen-bond donors (Lipinski definition) is 1. The minimum atomic E-state index is -0.561. The Morgan fingerprint density at radius 3 is 3.05 bits per heavy atom. The number of benzene rings is 1. The normalized spacial score (nSPS) is 15.9. The molecule has 1 aliphatic rings. The highest BCUT2D eigenvalue weighted by atomic mass is 79.9. The summed E-state index contributed by atoms with van der Waals surface area (Å²) in [5, 5.41) is 10.4. The van der Waals surface area contributed by atoms with Crippen LogP contribution in [0.5, 0.6) is 0 Å². The summed E-state index contributed by atoms with van der Waals surface area (Å²) in [6.07, 6.45) is 0.972. The van der Waals surface area contributed by atoms with Gasteiger partial charge in [0, 0.05) is 21.9 Å². The van der Waals surface area contributed by atoms with Crippen LogP contribution in [0.15, 0.2) is 28.7 Å². The second-order valence-electron chi connectivity index (χ2n) is 4.83. The van der Waals surface area contributed by atoms with Gasteiger partial charge in [-0.1, -0.05) is 12.1 Å². The maximum atomic E-state index is 13.5. The van der Waals surface area contributed by atoms with E-state index in [1.165, 1.54) is 22.3 Å². The molecule has 0 radical (unpaired) electrons. The van der Waals surface area contributed by atoms with Crippen molar-refractivity contribution in [2.45, 2.75) is 24.7 Å². The largest absolute Gasteiger partial charge is 0.387 e. The Hall–Kier alpha value is -0.360. The third-order valence-corrected chi connectivity index (χ3v) is 6.65. The maximum absolute atomic E-state index is 13.5. The van der Waals surface area contributed by atoms with Crippen LogP contribution < -0.4 is 0 Å². The van der Waals surface area contributed by atoms with Crippen molar-refractivity contribution in [1.82, 2.24) is 0 Å². The first-order chi connectivity index (χ1) is 9.65. The van der Waals surface area contributed by atoms with Gasteiger partial charge in [-0.05, 0) is 51.4 Å². The Kier molecular flexibility index (Phi) is 4.50. The fourth-order valence-corrected chi connectivity index (χ4v) is 5.14. The van der Waals surface area contributed by atoms with Crippen LogP contribution in [-0.4, -0.2) is 10.9 Å². The van der Waals surface area contributed by atoms with Crippen molar-refractivity contribution in [2.24, 2.45) is 0 Å². The van der Waals surface area contributed by atoms with Crippen LogP contribution in [0.3, 0.4) is 0 Å². The van der Waals surface area contributed by atoms with Gasteiger partial charge in [0.2, 0.25) is 0 Å². The van der Waals surface area contributed by atoms with Crippen LogP contribution in [0.2, 0.25) is 0 Å². The molecule has 106 valence electrons. The van der Waals surface area contributed by atoms with E-state index in [1.807, 2.05) is 17.8 Å². The summed E-state index contributed by atoms with van der Waals surface area (Å²) in [4.78, 5) is 2.39. The average Bonchev–Trinajstić information content (AvgIpc) is 2.88. The van der Waals surface area contributed by atoms with Gasteiger partial charge < -0.3 is 5.11 Å². The molecule has 1 N–H and O–H groups in total. The Balaban J connectivity index is 1.80. The fourth-order valence-electron chi connectivity index (χ4n) is 2.35. The van der Waals surface area contributed by atoms with Gasteiger partial charge >= 0.3 is 0 Å². The van der Waals surface area contributed by atoms with Crippen molar-refractivity contribution >= 4 is 39.0 Å². The molecule has 0 amide bonds. The zero-order chi connectivity index (χ0) is 14.1. The molecule has 0 fully saturated rings. The highest BCUT2D eigenvalue weighted by Gasteiger charge is 2.19. The molecule has 5 heteroatoms. The molecular formula is C15H14BrFOS2. The molecule has 1 nitrogen and oxygen atoms in total. The zero-order valence-corrected chi connectivity index (χ0v) is 14.0. The lowest BCUT2D eigenvalue weighted by Crippen LogP contribution is -2.01. The number of thioether (sulfide) groups is 1. The fraction of sp³-hybridized carbons (Fsp3) is 0.333. The van der Waals surface area contributed by atoms with E-state index in [-0.39, 0.29) is 5.82 Å². The molecule has 2 heterocycles. The van der Waals surface area contributed by atoms with Crippen LogP contribution in [0.25, 0.3) is 0 Å². The number of aliphatic hydroxyl groups is 1. The molecule has 0 aliphatic carbocycles. The summed E-state index contributed by atoms with van der Waals surface area (Å²) in [6.45, 7) is 0. The Morgan fingerprint density at radius 2 is 2.25 bits per heavy atom. The number of halogens is 2. The highest BCUT2D eigenvalue weighted by Crippen LogP contribution is 2.36. The highest BCUT2D eigenvalue weighted by molar-refractivity contribution is 9.10. The van der Waals surface area contributed by atoms with E-state index < -0.39 is 6.10 Å². The molecule has 1 aliphatic heterocycles. The van der Waals surface area contributed by atoms with E-state index in [1.54, 1.807) is 17.4 Å². The first-order valence-corrected chi connectivity index (χ1v) is 9.21. The Morgan fingerprint density at radius 1 is 1.40 bits per heavy atom. The predicted molar refractivity (Wildman–Crippen MR) is 86.9 cm³/mol. The van der Waals surface area contributed by atoms with Gasteiger partial charge in [0.05, 0.1) is 10.6 Å². The second-order valence-corrected chi connectivity index (χ2v) is 7.90. The molecule has 0 saturated carbocycles. The van der Waals surface area contributed by atoms with Crippen molar-refractivity contribution in [3.05, 3.63) is 55.4 Å². The van der Waals surface area contributed by atoms with Gasteiger partial charge in [-0.25, -0.2) is 4.39 Å². The zero-order valence-electron chi connectivity index (χ0n) is 10.7. The van der Waals surface area contributed by atoms with Crippen molar-refractivity contribution in [3.63, 3.8) is 0 Å². The topological polar surface area (TPSA) is 20.2 Å². The molecule has 3 rings (SSSR count). The quantitative estimate of drug-likeness (QED) is 0.841.